The molecule has 1 rings (SSSR count). The average Bonchev–Trinajstić information content (AvgIpc) is 2.30. The summed E-state index contributed by atoms with van der Waals surface area (Å²) in [6.45, 7) is 2.06. The standard InChI is InChI=1S/C13H19ClN4/c1-10-6-8-11(9-7-10)15-13(18(4)5)16-12(14)17(2)3/h6-9H,1-5H3/p+1/b16-12+. The van der Waals surface area contributed by atoms with Crippen LogP contribution in [0.1, 0.15) is 5.56 Å². The van der Waals surface area contributed by atoms with Gasteiger partial charge in [-0.25, -0.2) is 5.32 Å². The molecule has 0 unspecified atom stereocenters. The maximum Gasteiger partial charge on any atom is 0.394 e. The molecule has 4 nitrogen and oxygen atoms in total. The van der Waals surface area contributed by atoms with Crippen LogP contribution >= 0.6 is 11.6 Å². The lowest BCUT2D eigenvalue weighted by molar-refractivity contribution is -0.465. The Kier molecular flexibility index (Phi) is 5.16. The number of guanidine groups is 1. The number of aryl methyl sites for hydroxylation is 1. The van der Waals surface area contributed by atoms with Gasteiger partial charge in [-0.3, -0.25) is 4.58 Å². The topological polar surface area (TPSA) is 30.6 Å². The van der Waals surface area contributed by atoms with E-state index in [2.05, 4.69) is 17.2 Å². The van der Waals surface area contributed by atoms with E-state index >= 15 is 0 Å². The maximum atomic E-state index is 6.03. The largest absolute Gasteiger partial charge is 0.394 e. The maximum absolute atomic E-state index is 6.03. The molecule has 0 amide bonds. The van der Waals surface area contributed by atoms with Gasteiger partial charge in [0, 0.05) is 14.1 Å². The summed E-state index contributed by atoms with van der Waals surface area (Å²) in [5.74, 6) is 0.692. The molecule has 0 aliphatic carbocycles. The Morgan fingerprint density at radius 2 is 1.78 bits per heavy atom. The number of nitrogens with one attached hydrogen (secondary N) is 1. The van der Waals surface area contributed by atoms with E-state index in [9.17, 15) is 0 Å². The number of anilines is 1. The minimum absolute atomic E-state index is 0.429. The van der Waals surface area contributed by atoms with Crippen LogP contribution in [0.2, 0.25) is 0 Å². The molecule has 0 saturated carbocycles. The monoisotopic (exact) mass is 267 g/mol. The van der Waals surface area contributed by atoms with Crippen LogP contribution < -0.4 is 5.32 Å². The zero-order valence-electron chi connectivity index (χ0n) is 11.5. The van der Waals surface area contributed by atoms with Crippen LogP contribution in [0.25, 0.3) is 0 Å². The molecule has 1 aromatic carbocycles. The number of hydrogen-bond donors (Lipinski definition) is 1. The van der Waals surface area contributed by atoms with E-state index in [-0.39, 0.29) is 0 Å². The molecule has 0 aliphatic rings. The van der Waals surface area contributed by atoms with Crippen molar-refractivity contribution in [3.05, 3.63) is 29.8 Å². The molecular weight excluding hydrogens is 248 g/mol. The second kappa shape index (κ2) is 6.40. The van der Waals surface area contributed by atoms with E-state index in [1.165, 1.54) is 5.56 Å². The van der Waals surface area contributed by atoms with Crippen LogP contribution in [-0.4, -0.2) is 48.9 Å². The summed E-state index contributed by atoms with van der Waals surface area (Å²) in [6, 6.07) is 8.12. The molecule has 1 N–H and O–H groups in total. The molecule has 0 saturated heterocycles. The first-order chi connectivity index (χ1) is 8.40. The summed E-state index contributed by atoms with van der Waals surface area (Å²) < 4.78 is 1.88. The van der Waals surface area contributed by atoms with Crippen molar-refractivity contribution in [2.75, 3.05) is 33.5 Å². The van der Waals surface area contributed by atoms with Crippen molar-refractivity contribution in [3.8, 4) is 0 Å². The van der Waals surface area contributed by atoms with Crippen molar-refractivity contribution in [2.45, 2.75) is 6.92 Å². The van der Waals surface area contributed by atoms with Crippen molar-refractivity contribution in [3.63, 3.8) is 0 Å². The van der Waals surface area contributed by atoms with Crippen molar-refractivity contribution < 1.29 is 4.58 Å². The van der Waals surface area contributed by atoms with Gasteiger partial charge in [0.1, 0.15) is 0 Å². The highest BCUT2D eigenvalue weighted by Crippen LogP contribution is 2.09. The Hall–Kier alpha value is -1.55. The molecular formula is C13H20ClN4+. The molecule has 5 heteroatoms. The molecule has 0 atom stereocenters. The average molecular weight is 268 g/mol. The number of benzene rings is 1. The first-order valence-electron chi connectivity index (χ1n) is 5.69. The molecule has 18 heavy (non-hydrogen) atoms. The summed E-state index contributed by atoms with van der Waals surface area (Å²) in [6.07, 6.45) is 0. The lowest BCUT2D eigenvalue weighted by atomic mass is 10.2. The lowest BCUT2D eigenvalue weighted by Crippen LogP contribution is -2.25. The number of halogens is 1. The summed E-state index contributed by atoms with van der Waals surface area (Å²) in [5, 5.41) is 3.66. The number of hydrogen-bond acceptors (Lipinski definition) is 0. The zero-order valence-corrected chi connectivity index (χ0v) is 12.3. The van der Waals surface area contributed by atoms with Crippen molar-refractivity contribution in [1.29, 1.82) is 0 Å². The summed E-state index contributed by atoms with van der Waals surface area (Å²) in [5.41, 5.74) is 2.21. The van der Waals surface area contributed by atoms with Crippen LogP contribution in [0, 0.1) is 6.92 Å². The molecule has 0 heterocycles. The number of amidine groups is 1. The van der Waals surface area contributed by atoms with E-state index in [1.54, 1.807) is 4.90 Å². The number of aliphatic imine (C=N–C) groups is 1. The number of rotatable bonds is 1. The van der Waals surface area contributed by atoms with Crippen LogP contribution in [0.5, 0.6) is 0 Å². The van der Waals surface area contributed by atoms with Crippen molar-refractivity contribution in [2.24, 2.45) is 4.99 Å². The van der Waals surface area contributed by atoms with Gasteiger partial charge >= 0.3 is 5.96 Å². The molecule has 0 spiro atoms. The zero-order chi connectivity index (χ0) is 13.7. The highest BCUT2D eigenvalue weighted by molar-refractivity contribution is 6.65. The third-order valence-corrected chi connectivity index (χ3v) is 2.72. The Labute approximate surface area is 114 Å². The van der Waals surface area contributed by atoms with Gasteiger partial charge in [0.2, 0.25) is 0 Å². The first kappa shape index (κ1) is 14.5. The molecule has 0 radical (unpaired) electrons. The predicted octanol–water partition coefficient (Wildman–Crippen LogP) is 2.19. The summed E-state index contributed by atoms with van der Waals surface area (Å²) in [7, 11) is 7.54. The van der Waals surface area contributed by atoms with Gasteiger partial charge in [-0.1, -0.05) is 17.7 Å². The fourth-order valence-electron chi connectivity index (χ4n) is 1.19. The van der Waals surface area contributed by atoms with E-state index in [0.29, 0.717) is 11.3 Å². The Morgan fingerprint density at radius 3 is 2.22 bits per heavy atom. The molecule has 98 valence electrons. The third-order valence-electron chi connectivity index (χ3n) is 2.30. The van der Waals surface area contributed by atoms with Gasteiger partial charge in [0.25, 0.3) is 5.29 Å². The second-order valence-corrected chi connectivity index (χ2v) is 4.82. The summed E-state index contributed by atoms with van der Waals surface area (Å²) in [4.78, 5) is 6.08. The molecule has 0 bridgehead atoms. The quantitative estimate of drug-likeness (QED) is 0.366. The van der Waals surface area contributed by atoms with Crippen molar-refractivity contribution in [1.82, 2.24) is 4.90 Å². The summed E-state index contributed by atoms with van der Waals surface area (Å²) >= 11 is 6.03. The van der Waals surface area contributed by atoms with E-state index in [0.717, 1.165) is 5.69 Å². The normalized spacial score (nSPS) is 11.1. The van der Waals surface area contributed by atoms with E-state index in [4.69, 9.17) is 11.6 Å². The predicted molar refractivity (Wildman–Crippen MR) is 78.9 cm³/mol. The van der Waals surface area contributed by atoms with Crippen molar-refractivity contribution >= 4 is 28.5 Å². The van der Waals surface area contributed by atoms with Gasteiger partial charge < -0.3 is 4.90 Å². The SMILES string of the molecule is Cc1ccc(NC(/N=C(\Cl)N(C)C)=[N+](C)C)cc1. The van der Waals surface area contributed by atoms with E-state index in [1.807, 2.05) is 57.0 Å². The highest BCUT2D eigenvalue weighted by Gasteiger charge is 2.12. The fourth-order valence-corrected chi connectivity index (χ4v) is 1.27. The van der Waals surface area contributed by atoms with Crippen LogP contribution in [0.4, 0.5) is 5.69 Å². The Morgan fingerprint density at radius 1 is 1.22 bits per heavy atom. The molecule has 1 aromatic rings. The van der Waals surface area contributed by atoms with Crippen LogP contribution in [0.3, 0.4) is 0 Å². The Balaban J connectivity index is 2.93. The van der Waals surface area contributed by atoms with Crippen LogP contribution in [0.15, 0.2) is 29.3 Å². The molecule has 0 fully saturated rings. The van der Waals surface area contributed by atoms with Gasteiger partial charge in [-0.15, -0.1) is 0 Å². The van der Waals surface area contributed by atoms with Gasteiger partial charge in [-0.2, -0.15) is 0 Å². The van der Waals surface area contributed by atoms with Gasteiger partial charge in [0.05, 0.1) is 19.8 Å². The third kappa shape index (κ3) is 4.37. The number of nitrogens with zero attached hydrogens (tertiary/aromatic N) is 3. The second-order valence-electron chi connectivity index (χ2n) is 4.48. The highest BCUT2D eigenvalue weighted by atomic mass is 35.5. The minimum Gasteiger partial charge on any atom is -0.339 e. The van der Waals surface area contributed by atoms with Gasteiger partial charge in [-0.05, 0) is 35.6 Å². The molecule has 0 aromatic heterocycles. The Bertz CT molecular complexity index is 456. The first-order valence-corrected chi connectivity index (χ1v) is 6.07. The van der Waals surface area contributed by atoms with Gasteiger partial charge in [0.15, 0.2) is 0 Å². The smallest absolute Gasteiger partial charge is 0.339 e. The van der Waals surface area contributed by atoms with Crippen LogP contribution in [-0.2, 0) is 0 Å². The minimum atomic E-state index is 0.429. The lowest BCUT2D eigenvalue weighted by Gasteiger charge is -2.07. The molecule has 0 aliphatic heterocycles. The fraction of sp³-hybridized carbons (Fsp3) is 0.385. The van der Waals surface area contributed by atoms with E-state index < -0.39 is 0 Å².